The highest BCUT2D eigenvalue weighted by Crippen LogP contribution is 2.33. The third kappa shape index (κ3) is 4.31. The molecule has 1 fully saturated rings. The Morgan fingerprint density at radius 3 is 2.72 bits per heavy atom. The van der Waals surface area contributed by atoms with Crippen LogP contribution in [0.5, 0.6) is 11.5 Å². The van der Waals surface area contributed by atoms with Crippen LogP contribution in [0, 0.1) is 6.92 Å². The molecule has 0 saturated carbocycles. The quantitative estimate of drug-likeness (QED) is 0.784. The second kappa shape index (κ2) is 7.86. The largest absolute Gasteiger partial charge is 0.493 e. The molecule has 1 aliphatic heterocycles. The Kier molecular flexibility index (Phi) is 5.57. The van der Waals surface area contributed by atoms with E-state index in [0.29, 0.717) is 36.8 Å². The number of benzene rings is 1. The van der Waals surface area contributed by atoms with Gasteiger partial charge >= 0.3 is 5.63 Å². The Hall–Kier alpha value is -2.09. The average Bonchev–Trinajstić information content (AvgIpc) is 2.60. The molecule has 136 valence electrons. The normalized spacial score (nSPS) is 16.8. The van der Waals surface area contributed by atoms with Crippen LogP contribution < -0.4 is 15.1 Å². The van der Waals surface area contributed by atoms with Gasteiger partial charge in [0.2, 0.25) is 0 Å². The second-order valence-corrected chi connectivity index (χ2v) is 6.13. The van der Waals surface area contributed by atoms with Gasteiger partial charge in [-0.1, -0.05) is 0 Å². The lowest BCUT2D eigenvalue weighted by atomic mass is 10.1. The maximum absolute atomic E-state index is 11.5. The van der Waals surface area contributed by atoms with Crippen LogP contribution in [0.15, 0.2) is 27.4 Å². The number of aryl methyl sites for hydroxylation is 1. The van der Waals surface area contributed by atoms with Crippen molar-refractivity contribution in [2.24, 2.45) is 0 Å². The van der Waals surface area contributed by atoms with Crippen LogP contribution in [0.4, 0.5) is 0 Å². The zero-order valence-corrected chi connectivity index (χ0v) is 14.5. The number of hydrogen-bond acceptors (Lipinski definition) is 7. The third-order valence-corrected chi connectivity index (χ3v) is 4.24. The molecule has 1 aromatic carbocycles. The van der Waals surface area contributed by atoms with E-state index >= 15 is 0 Å². The summed E-state index contributed by atoms with van der Waals surface area (Å²) >= 11 is 0. The monoisotopic (exact) mass is 349 g/mol. The van der Waals surface area contributed by atoms with Gasteiger partial charge in [0.05, 0.1) is 20.3 Å². The number of aliphatic hydroxyl groups excluding tert-OH is 1. The van der Waals surface area contributed by atoms with Crippen molar-refractivity contribution < 1.29 is 23.7 Å². The summed E-state index contributed by atoms with van der Waals surface area (Å²) in [4.78, 5) is 13.7. The van der Waals surface area contributed by atoms with Crippen molar-refractivity contribution in [3.63, 3.8) is 0 Å². The standard InChI is InChI=1S/C18H23NO6/c1-12-7-18(21)25-15-9-16(22-2)17(8-14(12)15)24-11-13(20)10-19-3-5-23-6-4-19/h7-9,13,20H,3-6,10-11H2,1-2H3/t13-/m0/s1. The Labute approximate surface area is 145 Å². The van der Waals surface area contributed by atoms with Gasteiger partial charge in [-0.2, -0.15) is 0 Å². The lowest BCUT2D eigenvalue weighted by Gasteiger charge is -2.28. The second-order valence-electron chi connectivity index (χ2n) is 6.13. The van der Waals surface area contributed by atoms with E-state index in [1.807, 2.05) is 6.92 Å². The lowest BCUT2D eigenvalue weighted by Crippen LogP contribution is -2.42. The lowest BCUT2D eigenvalue weighted by molar-refractivity contribution is 0.00446. The van der Waals surface area contributed by atoms with Crippen molar-refractivity contribution in [2.45, 2.75) is 13.0 Å². The number of β-amino-alcohol motifs (C(OH)–C–C–N with tert-alkyl or cyclic N) is 1. The molecule has 2 heterocycles. The van der Waals surface area contributed by atoms with E-state index in [1.165, 1.54) is 13.2 Å². The van der Waals surface area contributed by atoms with E-state index in [0.717, 1.165) is 24.0 Å². The van der Waals surface area contributed by atoms with Gasteiger partial charge in [-0.3, -0.25) is 4.90 Å². The highest BCUT2D eigenvalue weighted by atomic mass is 16.5. The number of rotatable bonds is 6. The molecule has 0 radical (unpaired) electrons. The molecule has 1 aliphatic rings. The van der Waals surface area contributed by atoms with Gasteiger partial charge in [-0.15, -0.1) is 0 Å². The fourth-order valence-electron chi connectivity index (χ4n) is 2.92. The summed E-state index contributed by atoms with van der Waals surface area (Å²) in [6, 6.07) is 4.84. The summed E-state index contributed by atoms with van der Waals surface area (Å²) in [5, 5.41) is 11.0. The summed E-state index contributed by atoms with van der Waals surface area (Å²) in [5.41, 5.74) is 0.845. The average molecular weight is 349 g/mol. The maximum Gasteiger partial charge on any atom is 0.336 e. The molecule has 7 heteroatoms. The van der Waals surface area contributed by atoms with Crippen LogP contribution in [-0.2, 0) is 4.74 Å². The van der Waals surface area contributed by atoms with Crippen molar-refractivity contribution in [2.75, 3.05) is 46.6 Å². The molecule has 0 aliphatic carbocycles. The van der Waals surface area contributed by atoms with Gasteiger partial charge in [0.15, 0.2) is 11.5 Å². The molecule has 3 rings (SSSR count). The maximum atomic E-state index is 11.5. The predicted molar refractivity (Wildman–Crippen MR) is 92.5 cm³/mol. The molecule has 1 saturated heterocycles. The van der Waals surface area contributed by atoms with Gasteiger partial charge in [0.25, 0.3) is 0 Å². The van der Waals surface area contributed by atoms with Crippen LogP contribution in [0.2, 0.25) is 0 Å². The number of ether oxygens (including phenoxy) is 3. The zero-order valence-electron chi connectivity index (χ0n) is 14.5. The Bertz CT molecular complexity index is 781. The van der Waals surface area contributed by atoms with E-state index in [4.69, 9.17) is 18.6 Å². The molecule has 1 N–H and O–H groups in total. The van der Waals surface area contributed by atoms with Crippen LogP contribution in [0.3, 0.4) is 0 Å². The first kappa shape index (κ1) is 17.7. The first-order valence-corrected chi connectivity index (χ1v) is 8.30. The third-order valence-electron chi connectivity index (χ3n) is 4.24. The molecular weight excluding hydrogens is 326 g/mol. The number of morpholine rings is 1. The van der Waals surface area contributed by atoms with Crippen LogP contribution >= 0.6 is 0 Å². The first-order chi connectivity index (χ1) is 12.1. The summed E-state index contributed by atoms with van der Waals surface area (Å²) in [6.45, 7) is 5.53. The summed E-state index contributed by atoms with van der Waals surface area (Å²) in [5.74, 6) is 0.966. The SMILES string of the molecule is COc1cc2oc(=O)cc(C)c2cc1OC[C@@H](O)CN1CCOCC1. The zero-order chi connectivity index (χ0) is 17.8. The van der Waals surface area contributed by atoms with Gasteiger partial charge in [0.1, 0.15) is 18.3 Å². The van der Waals surface area contributed by atoms with E-state index < -0.39 is 11.7 Å². The Morgan fingerprint density at radius 1 is 1.24 bits per heavy atom. The molecule has 7 nitrogen and oxygen atoms in total. The van der Waals surface area contributed by atoms with Gasteiger partial charge in [-0.05, 0) is 18.6 Å². The minimum Gasteiger partial charge on any atom is -0.493 e. The minimum absolute atomic E-state index is 0.148. The van der Waals surface area contributed by atoms with Crippen molar-refractivity contribution in [3.8, 4) is 11.5 Å². The molecule has 1 aromatic heterocycles. The van der Waals surface area contributed by atoms with E-state index in [2.05, 4.69) is 4.90 Å². The molecule has 0 bridgehead atoms. The first-order valence-electron chi connectivity index (χ1n) is 8.30. The molecule has 0 spiro atoms. The van der Waals surface area contributed by atoms with E-state index in [9.17, 15) is 9.90 Å². The van der Waals surface area contributed by atoms with Crippen LogP contribution in [-0.4, -0.2) is 62.7 Å². The molecule has 2 aromatic rings. The number of hydrogen-bond donors (Lipinski definition) is 1. The fraction of sp³-hybridized carbons (Fsp3) is 0.500. The number of methoxy groups -OCH3 is 1. The molecular formula is C18H23NO6. The number of fused-ring (bicyclic) bond motifs is 1. The summed E-state index contributed by atoms with van der Waals surface area (Å²) < 4.78 is 21.6. The smallest absolute Gasteiger partial charge is 0.336 e. The van der Waals surface area contributed by atoms with Crippen molar-refractivity contribution in [3.05, 3.63) is 34.2 Å². The van der Waals surface area contributed by atoms with Gasteiger partial charge < -0.3 is 23.7 Å². The molecule has 0 amide bonds. The highest BCUT2D eigenvalue weighted by Gasteiger charge is 2.17. The topological polar surface area (TPSA) is 81.4 Å². The summed E-state index contributed by atoms with van der Waals surface area (Å²) in [6.07, 6.45) is -0.617. The van der Waals surface area contributed by atoms with Crippen LogP contribution in [0.25, 0.3) is 11.0 Å². The van der Waals surface area contributed by atoms with E-state index in [-0.39, 0.29) is 6.61 Å². The Balaban J connectivity index is 1.72. The van der Waals surface area contributed by atoms with Crippen molar-refractivity contribution in [1.29, 1.82) is 0 Å². The Morgan fingerprint density at radius 2 is 2.00 bits per heavy atom. The van der Waals surface area contributed by atoms with Crippen LogP contribution in [0.1, 0.15) is 5.56 Å². The fourth-order valence-corrected chi connectivity index (χ4v) is 2.92. The highest BCUT2D eigenvalue weighted by molar-refractivity contribution is 5.83. The molecule has 25 heavy (non-hydrogen) atoms. The van der Waals surface area contributed by atoms with Gasteiger partial charge in [0, 0.05) is 37.2 Å². The van der Waals surface area contributed by atoms with Gasteiger partial charge in [-0.25, -0.2) is 4.79 Å². The van der Waals surface area contributed by atoms with Crippen molar-refractivity contribution in [1.82, 2.24) is 4.90 Å². The van der Waals surface area contributed by atoms with Crippen molar-refractivity contribution >= 4 is 11.0 Å². The number of aliphatic hydroxyl groups is 1. The summed E-state index contributed by atoms with van der Waals surface area (Å²) in [7, 11) is 1.52. The van der Waals surface area contributed by atoms with E-state index in [1.54, 1.807) is 12.1 Å². The number of nitrogens with zero attached hydrogens (tertiary/aromatic N) is 1. The molecule has 0 unspecified atom stereocenters. The minimum atomic E-state index is -0.617. The predicted octanol–water partition coefficient (Wildman–Crippen LogP) is 1.18. The molecule has 1 atom stereocenters.